The number of nitrogens with zero attached hydrogens (tertiary/aromatic N) is 1. The van der Waals surface area contributed by atoms with Gasteiger partial charge in [0.05, 0.1) is 5.56 Å². The quantitative estimate of drug-likeness (QED) is 0.730. The number of fused-ring (bicyclic) bond motifs is 2. The SMILES string of the molecule is Cc1ccc(F)c(C(=O)N2CC3CCC2C3)c1. The third-order valence-corrected chi connectivity index (χ3v) is 4.02. The van der Waals surface area contributed by atoms with E-state index >= 15 is 0 Å². The van der Waals surface area contributed by atoms with Gasteiger partial charge in [-0.2, -0.15) is 0 Å². The van der Waals surface area contributed by atoms with Crippen molar-refractivity contribution in [1.29, 1.82) is 0 Å². The first kappa shape index (κ1) is 10.8. The molecule has 0 aromatic heterocycles. The number of hydrogen-bond acceptors (Lipinski definition) is 1. The number of halogens is 1. The molecule has 2 nitrogen and oxygen atoms in total. The van der Waals surface area contributed by atoms with Gasteiger partial charge in [0.2, 0.25) is 0 Å². The van der Waals surface area contributed by atoms with E-state index in [1.807, 2.05) is 11.8 Å². The number of rotatable bonds is 1. The topological polar surface area (TPSA) is 20.3 Å². The fourth-order valence-corrected chi connectivity index (χ4v) is 3.13. The molecule has 0 spiro atoms. The lowest BCUT2D eigenvalue weighted by Crippen LogP contribution is -2.38. The maximum Gasteiger partial charge on any atom is 0.257 e. The van der Waals surface area contributed by atoms with Crippen molar-refractivity contribution in [2.45, 2.75) is 32.2 Å². The Bertz CT molecular complexity index is 471. The Morgan fingerprint density at radius 2 is 2.24 bits per heavy atom. The van der Waals surface area contributed by atoms with Crippen molar-refractivity contribution in [2.24, 2.45) is 5.92 Å². The largest absolute Gasteiger partial charge is 0.335 e. The first-order chi connectivity index (χ1) is 8.15. The molecule has 2 fully saturated rings. The Morgan fingerprint density at radius 3 is 2.88 bits per heavy atom. The monoisotopic (exact) mass is 233 g/mol. The lowest BCUT2D eigenvalue weighted by atomic mass is 10.1. The number of piperidine rings is 1. The minimum Gasteiger partial charge on any atom is -0.335 e. The minimum atomic E-state index is -0.400. The van der Waals surface area contributed by atoms with Crippen LogP contribution in [-0.4, -0.2) is 23.4 Å². The molecule has 2 atom stereocenters. The van der Waals surface area contributed by atoms with Crippen molar-refractivity contribution in [3.8, 4) is 0 Å². The van der Waals surface area contributed by atoms with E-state index in [2.05, 4.69) is 0 Å². The molecule has 3 heteroatoms. The molecule has 2 unspecified atom stereocenters. The summed E-state index contributed by atoms with van der Waals surface area (Å²) < 4.78 is 13.7. The van der Waals surface area contributed by atoms with Gasteiger partial charge in [0.25, 0.3) is 5.91 Å². The zero-order chi connectivity index (χ0) is 12.0. The second kappa shape index (κ2) is 3.83. The molecular formula is C14H16FNO. The minimum absolute atomic E-state index is 0.126. The molecule has 1 aromatic carbocycles. The highest BCUT2D eigenvalue weighted by Gasteiger charge is 2.40. The van der Waals surface area contributed by atoms with Crippen LogP contribution < -0.4 is 0 Å². The number of carbonyl (C=O) groups excluding carboxylic acids is 1. The van der Waals surface area contributed by atoms with Gasteiger partial charge in [-0.3, -0.25) is 4.79 Å². The molecule has 2 aliphatic rings. The average molecular weight is 233 g/mol. The summed E-state index contributed by atoms with van der Waals surface area (Å²) in [6.07, 6.45) is 3.42. The van der Waals surface area contributed by atoms with Crippen LogP contribution in [0.4, 0.5) is 4.39 Å². The zero-order valence-corrected chi connectivity index (χ0v) is 9.95. The molecule has 1 amide bonds. The average Bonchev–Trinajstić information content (AvgIpc) is 2.93. The number of amides is 1. The highest BCUT2D eigenvalue weighted by Crippen LogP contribution is 2.38. The zero-order valence-electron chi connectivity index (χ0n) is 9.95. The van der Waals surface area contributed by atoms with E-state index in [-0.39, 0.29) is 11.5 Å². The predicted octanol–water partition coefficient (Wildman–Crippen LogP) is 2.76. The summed E-state index contributed by atoms with van der Waals surface area (Å²) in [4.78, 5) is 14.2. The molecule has 0 radical (unpaired) electrons. The molecule has 1 heterocycles. The van der Waals surface area contributed by atoms with E-state index in [0.29, 0.717) is 12.0 Å². The lowest BCUT2D eigenvalue weighted by molar-refractivity contribution is 0.0699. The van der Waals surface area contributed by atoms with Crippen LogP contribution in [0.2, 0.25) is 0 Å². The summed E-state index contributed by atoms with van der Waals surface area (Å²) in [6, 6.07) is 5.09. The normalized spacial score (nSPS) is 26.6. The summed E-state index contributed by atoms with van der Waals surface area (Å²) in [7, 11) is 0. The molecule has 90 valence electrons. The third kappa shape index (κ3) is 1.74. The van der Waals surface area contributed by atoms with Crippen LogP contribution in [0.15, 0.2) is 18.2 Å². The summed E-state index contributed by atoms with van der Waals surface area (Å²) in [6.45, 7) is 2.70. The van der Waals surface area contributed by atoms with E-state index < -0.39 is 5.82 Å². The number of hydrogen-bond donors (Lipinski definition) is 0. The van der Waals surface area contributed by atoms with E-state index in [1.54, 1.807) is 12.1 Å². The van der Waals surface area contributed by atoms with Gasteiger partial charge in [0.15, 0.2) is 0 Å². The van der Waals surface area contributed by atoms with Crippen molar-refractivity contribution in [1.82, 2.24) is 4.90 Å². The van der Waals surface area contributed by atoms with E-state index in [0.717, 1.165) is 24.9 Å². The Hall–Kier alpha value is -1.38. The van der Waals surface area contributed by atoms with Gasteiger partial charge in [-0.15, -0.1) is 0 Å². The van der Waals surface area contributed by atoms with Crippen molar-refractivity contribution in [3.05, 3.63) is 35.1 Å². The van der Waals surface area contributed by atoms with Gasteiger partial charge < -0.3 is 4.90 Å². The van der Waals surface area contributed by atoms with Gasteiger partial charge in [-0.1, -0.05) is 11.6 Å². The second-order valence-electron chi connectivity index (χ2n) is 5.27. The fraction of sp³-hybridized carbons (Fsp3) is 0.500. The van der Waals surface area contributed by atoms with E-state index in [4.69, 9.17) is 0 Å². The maximum atomic E-state index is 13.7. The van der Waals surface area contributed by atoms with Crippen LogP contribution in [0.5, 0.6) is 0 Å². The van der Waals surface area contributed by atoms with Gasteiger partial charge >= 0.3 is 0 Å². The number of carbonyl (C=O) groups is 1. The van der Waals surface area contributed by atoms with Crippen LogP contribution in [0.1, 0.15) is 35.2 Å². The third-order valence-electron chi connectivity index (χ3n) is 4.02. The molecule has 2 bridgehead atoms. The smallest absolute Gasteiger partial charge is 0.257 e. The van der Waals surface area contributed by atoms with Crippen molar-refractivity contribution in [2.75, 3.05) is 6.54 Å². The van der Waals surface area contributed by atoms with Gasteiger partial charge in [-0.05, 0) is 44.2 Å². The lowest BCUT2D eigenvalue weighted by Gasteiger charge is -2.27. The van der Waals surface area contributed by atoms with E-state index in [1.165, 1.54) is 12.5 Å². The molecule has 3 rings (SSSR count). The summed E-state index contributed by atoms with van der Waals surface area (Å²) in [5.74, 6) is 0.124. The van der Waals surface area contributed by atoms with Crippen molar-refractivity contribution in [3.63, 3.8) is 0 Å². The summed E-state index contributed by atoms with van der Waals surface area (Å²) in [5, 5.41) is 0. The van der Waals surface area contributed by atoms with Gasteiger partial charge in [-0.25, -0.2) is 4.39 Å². The number of benzene rings is 1. The molecule has 1 aliphatic heterocycles. The van der Waals surface area contributed by atoms with Crippen LogP contribution in [0.3, 0.4) is 0 Å². The Morgan fingerprint density at radius 1 is 1.41 bits per heavy atom. The van der Waals surface area contributed by atoms with Gasteiger partial charge in [0, 0.05) is 12.6 Å². The Kier molecular flexibility index (Phi) is 2.42. The Labute approximate surface area is 100 Å². The molecular weight excluding hydrogens is 217 g/mol. The first-order valence-corrected chi connectivity index (χ1v) is 6.22. The van der Waals surface area contributed by atoms with Crippen molar-refractivity contribution < 1.29 is 9.18 Å². The Balaban J connectivity index is 1.89. The fourth-order valence-electron chi connectivity index (χ4n) is 3.13. The first-order valence-electron chi connectivity index (χ1n) is 6.22. The van der Waals surface area contributed by atoms with Crippen LogP contribution >= 0.6 is 0 Å². The van der Waals surface area contributed by atoms with E-state index in [9.17, 15) is 9.18 Å². The summed E-state index contributed by atoms with van der Waals surface area (Å²) in [5.41, 5.74) is 1.16. The van der Waals surface area contributed by atoms with Crippen LogP contribution in [0.25, 0.3) is 0 Å². The number of aryl methyl sites for hydroxylation is 1. The van der Waals surface area contributed by atoms with Gasteiger partial charge in [0.1, 0.15) is 5.82 Å². The van der Waals surface area contributed by atoms with Crippen molar-refractivity contribution >= 4 is 5.91 Å². The highest BCUT2D eigenvalue weighted by molar-refractivity contribution is 5.95. The van der Waals surface area contributed by atoms with Crippen LogP contribution in [-0.2, 0) is 0 Å². The molecule has 1 saturated heterocycles. The molecule has 17 heavy (non-hydrogen) atoms. The second-order valence-corrected chi connectivity index (χ2v) is 5.27. The highest BCUT2D eigenvalue weighted by atomic mass is 19.1. The molecule has 1 saturated carbocycles. The maximum absolute atomic E-state index is 13.7. The molecule has 1 aliphatic carbocycles. The predicted molar refractivity (Wildman–Crippen MR) is 63.3 cm³/mol. The van der Waals surface area contributed by atoms with Crippen LogP contribution in [0, 0.1) is 18.7 Å². The molecule has 0 N–H and O–H groups in total. The number of likely N-dealkylation sites (tertiary alicyclic amines) is 1. The summed E-state index contributed by atoms with van der Waals surface area (Å²) >= 11 is 0. The standard InChI is InChI=1S/C14H16FNO/c1-9-2-5-13(15)12(6-9)14(17)16-8-10-3-4-11(16)7-10/h2,5-6,10-11H,3-4,7-8H2,1H3. The molecule has 1 aromatic rings.